The van der Waals surface area contributed by atoms with Crippen molar-refractivity contribution in [2.45, 2.75) is 45.4 Å². The number of aromatic nitrogens is 3. The van der Waals surface area contributed by atoms with E-state index in [9.17, 15) is 4.79 Å². The average Bonchev–Trinajstić information content (AvgIpc) is 3.36. The Hall–Kier alpha value is -2.33. The van der Waals surface area contributed by atoms with Crippen molar-refractivity contribution in [2.75, 3.05) is 18.4 Å². The van der Waals surface area contributed by atoms with Crippen LogP contribution in [0.25, 0.3) is 11.4 Å². The molecule has 0 saturated carbocycles. The van der Waals surface area contributed by atoms with E-state index in [0.717, 1.165) is 30.9 Å². The van der Waals surface area contributed by atoms with Crippen LogP contribution < -0.4 is 5.32 Å². The molecule has 2 aromatic heterocycles. The fourth-order valence-electron chi connectivity index (χ4n) is 3.55. The number of benzene rings is 1. The molecule has 1 aliphatic heterocycles. The first kappa shape index (κ1) is 21.9. The van der Waals surface area contributed by atoms with E-state index in [4.69, 9.17) is 20.9 Å². The third-order valence-electron chi connectivity index (χ3n) is 4.82. The summed E-state index contributed by atoms with van der Waals surface area (Å²) in [5.41, 5.74) is 1.76. The fraction of sp³-hybridized carbons (Fsp3) is 0.429. The van der Waals surface area contributed by atoms with Gasteiger partial charge in [0.1, 0.15) is 0 Å². The van der Waals surface area contributed by atoms with E-state index in [2.05, 4.69) is 39.2 Å². The Balaban J connectivity index is 1.25. The number of hydrogen-bond acceptors (Lipinski definition) is 8. The summed E-state index contributed by atoms with van der Waals surface area (Å²) in [6.07, 6.45) is 1.02. The van der Waals surface area contributed by atoms with Gasteiger partial charge in [-0.25, -0.2) is 4.98 Å². The van der Waals surface area contributed by atoms with Gasteiger partial charge in [-0.3, -0.25) is 9.69 Å². The smallest absolute Gasteiger partial charge is 0.227 e. The molecule has 2 atom stereocenters. The minimum atomic E-state index is -0.138. The number of thiazole rings is 1. The molecule has 3 heterocycles. The summed E-state index contributed by atoms with van der Waals surface area (Å²) >= 11 is 7.33. The molecule has 1 fully saturated rings. The van der Waals surface area contributed by atoms with Gasteiger partial charge in [0, 0.05) is 48.4 Å². The summed E-state index contributed by atoms with van der Waals surface area (Å²) in [7, 11) is 0. The van der Waals surface area contributed by atoms with Crippen molar-refractivity contribution in [1.29, 1.82) is 0 Å². The summed E-state index contributed by atoms with van der Waals surface area (Å²) < 4.78 is 11.0. The minimum Gasteiger partial charge on any atom is -0.373 e. The lowest BCUT2D eigenvalue weighted by atomic mass is 10.2. The summed E-state index contributed by atoms with van der Waals surface area (Å²) in [5.74, 6) is 0.750. The van der Waals surface area contributed by atoms with Crippen LogP contribution in [0.5, 0.6) is 0 Å². The number of ether oxygens (including phenoxy) is 1. The number of carbonyl (C=O) groups excluding carboxylic acids is 1. The maximum atomic E-state index is 12.3. The van der Waals surface area contributed by atoms with E-state index >= 15 is 0 Å². The highest BCUT2D eigenvalue weighted by Gasteiger charge is 2.23. The van der Waals surface area contributed by atoms with E-state index in [1.165, 1.54) is 11.3 Å². The molecule has 3 aromatic rings. The van der Waals surface area contributed by atoms with Gasteiger partial charge in [-0.1, -0.05) is 16.8 Å². The van der Waals surface area contributed by atoms with Crippen molar-refractivity contribution >= 4 is 34.0 Å². The molecule has 31 heavy (non-hydrogen) atoms. The van der Waals surface area contributed by atoms with Gasteiger partial charge in [-0.15, -0.1) is 11.3 Å². The van der Waals surface area contributed by atoms with Gasteiger partial charge in [-0.2, -0.15) is 4.98 Å². The zero-order valence-electron chi connectivity index (χ0n) is 17.4. The van der Waals surface area contributed by atoms with Crippen LogP contribution in [0.3, 0.4) is 0 Å². The summed E-state index contributed by atoms with van der Waals surface area (Å²) in [6, 6.07) is 7.18. The van der Waals surface area contributed by atoms with Crippen molar-refractivity contribution in [3.8, 4) is 11.4 Å². The summed E-state index contributed by atoms with van der Waals surface area (Å²) in [5, 5.41) is 10.0. The number of halogens is 1. The molecular formula is C21H24ClN5O3S. The zero-order valence-corrected chi connectivity index (χ0v) is 18.9. The van der Waals surface area contributed by atoms with Gasteiger partial charge in [0.15, 0.2) is 5.13 Å². The molecular weight excluding hydrogens is 438 g/mol. The van der Waals surface area contributed by atoms with Crippen molar-refractivity contribution in [1.82, 2.24) is 20.0 Å². The molecule has 164 valence electrons. The highest BCUT2D eigenvalue weighted by molar-refractivity contribution is 7.13. The SMILES string of the molecule is C[C@@H]1CN(Cc2csc(NC(=O)CCc3nc(-c4ccc(Cl)cc4)no3)n2)C[C@H](C)O1. The van der Waals surface area contributed by atoms with Gasteiger partial charge in [0.2, 0.25) is 17.6 Å². The van der Waals surface area contributed by atoms with Gasteiger partial charge in [0.25, 0.3) is 0 Å². The number of rotatable bonds is 7. The van der Waals surface area contributed by atoms with Crippen LogP contribution in [0.15, 0.2) is 34.2 Å². The number of anilines is 1. The minimum absolute atomic E-state index is 0.138. The topological polar surface area (TPSA) is 93.4 Å². The molecule has 10 heteroatoms. The fourth-order valence-corrected chi connectivity index (χ4v) is 4.40. The average molecular weight is 462 g/mol. The van der Waals surface area contributed by atoms with Crippen LogP contribution in [0.1, 0.15) is 31.9 Å². The lowest BCUT2D eigenvalue weighted by Gasteiger charge is -2.34. The maximum Gasteiger partial charge on any atom is 0.227 e. The van der Waals surface area contributed by atoms with E-state index in [1.807, 2.05) is 17.5 Å². The second kappa shape index (κ2) is 9.86. The molecule has 8 nitrogen and oxygen atoms in total. The Morgan fingerprint density at radius 1 is 1.23 bits per heavy atom. The predicted octanol–water partition coefficient (Wildman–Crippen LogP) is 4.03. The van der Waals surface area contributed by atoms with Crippen molar-refractivity contribution < 1.29 is 14.1 Å². The molecule has 0 aliphatic carbocycles. The summed E-state index contributed by atoms with van der Waals surface area (Å²) in [6.45, 7) is 6.67. The van der Waals surface area contributed by atoms with E-state index in [1.54, 1.807) is 12.1 Å². The van der Waals surface area contributed by atoms with Crippen LogP contribution in [0, 0.1) is 0 Å². The lowest BCUT2D eigenvalue weighted by Crippen LogP contribution is -2.44. The first-order chi connectivity index (χ1) is 14.9. The Morgan fingerprint density at radius 2 is 1.97 bits per heavy atom. The molecule has 0 radical (unpaired) electrons. The quantitative estimate of drug-likeness (QED) is 0.567. The number of amides is 1. The number of aryl methyl sites for hydroxylation is 1. The zero-order chi connectivity index (χ0) is 21.8. The van der Waals surface area contributed by atoms with Crippen LogP contribution in [0.2, 0.25) is 5.02 Å². The van der Waals surface area contributed by atoms with Crippen molar-refractivity contribution in [3.05, 3.63) is 46.3 Å². The molecule has 1 N–H and O–H groups in total. The number of hydrogen-bond donors (Lipinski definition) is 1. The highest BCUT2D eigenvalue weighted by atomic mass is 35.5. The maximum absolute atomic E-state index is 12.3. The molecule has 1 amide bonds. The first-order valence-electron chi connectivity index (χ1n) is 10.1. The largest absolute Gasteiger partial charge is 0.373 e. The monoisotopic (exact) mass is 461 g/mol. The normalized spacial score (nSPS) is 19.5. The Bertz CT molecular complexity index is 1010. The molecule has 0 unspecified atom stereocenters. The molecule has 4 rings (SSSR count). The Morgan fingerprint density at radius 3 is 2.71 bits per heavy atom. The molecule has 1 aromatic carbocycles. The van der Waals surface area contributed by atoms with Crippen LogP contribution >= 0.6 is 22.9 Å². The van der Waals surface area contributed by atoms with Crippen molar-refractivity contribution in [2.24, 2.45) is 0 Å². The Labute approximate surface area is 189 Å². The summed E-state index contributed by atoms with van der Waals surface area (Å²) in [4.78, 5) is 23.5. The van der Waals surface area contributed by atoms with Crippen molar-refractivity contribution in [3.63, 3.8) is 0 Å². The second-order valence-corrected chi connectivity index (χ2v) is 8.96. The van der Waals surface area contributed by atoms with E-state index in [-0.39, 0.29) is 24.5 Å². The molecule has 1 saturated heterocycles. The van der Waals surface area contributed by atoms with Gasteiger partial charge < -0.3 is 14.6 Å². The van der Waals surface area contributed by atoms with Crippen LogP contribution in [-0.2, 0) is 22.5 Å². The third-order valence-corrected chi connectivity index (χ3v) is 5.87. The van der Waals surface area contributed by atoms with E-state index in [0.29, 0.717) is 28.3 Å². The predicted molar refractivity (Wildman–Crippen MR) is 119 cm³/mol. The van der Waals surface area contributed by atoms with Gasteiger partial charge in [-0.05, 0) is 38.1 Å². The van der Waals surface area contributed by atoms with Gasteiger partial charge >= 0.3 is 0 Å². The van der Waals surface area contributed by atoms with E-state index < -0.39 is 0 Å². The number of nitrogens with zero attached hydrogens (tertiary/aromatic N) is 4. The van der Waals surface area contributed by atoms with Gasteiger partial charge in [0.05, 0.1) is 17.9 Å². The number of carbonyl (C=O) groups is 1. The molecule has 1 aliphatic rings. The standard InChI is InChI=1S/C21H24ClN5O3S/c1-13-9-27(10-14(2)29-13)11-17-12-31-21(23-17)24-18(28)7-8-19-25-20(26-30-19)15-3-5-16(22)6-4-15/h3-6,12-14H,7-11H2,1-2H3,(H,23,24,28)/t13-,14+. The molecule has 0 spiro atoms. The number of nitrogens with one attached hydrogen (secondary N) is 1. The van der Waals surface area contributed by atoms with Crippen LogP contribution in [-0.4, -0.2) is 51.2 Å². The highest BCUT2D eigenvalue weighted by Crippen LogP contribution is 2.21. The lowest BCUT2D eigenvalue weighted by molar-refractivity contribution is -0.116. The number of morpholine rings is 1. The first-order valence-corrected chi connectivity index (χ1v) is 11.4. The second-order valence-electron chi connectivity index (χ2n) is 7.66. The Kier molecular flexibility index (Phi) is 6.96. The van der Waals surface area contributed by atoms with Crippen LogP contribution in [0.4, 0.5) is 5.13 Å². The molecule has 0 bridgehead atoms. The third kappa shape index (κ3) is 6.10.